The maximum absolute atomic E-state index is 13.1. The van der Waals surface area contributed by atoms with Crippen LogP contribution in [-0.4, -0.2) is 210 Å². The van der Waals surface area contributed by atoms with Gasteiger partial charge < -0.3 is 96.8 Å². The molecular weight excluding hydrogens is 869 g/mol. The summed E-state index contributed by atoms with van der Waals surface area (Å²) in [5.41, 5.74) is 13.6. The summed E-state index contributed by atoms with van der Waals surface area (Å²) in [6.07, 6.45) is -14.6. The van der Waals surface area contributed by atoms with Gasteiger partial charge in [0.1, 0.15) is 60.6 Å². The summed E-state index contributed by atoms with van der Waals surface area (Å²) in [6.45, 7) is -1.01. The van der Waals surface area contributed by atoms with Gasteiger partial charge in [-0.1, -0.05) is 0 Å². The number of aromatic nitrogens is 2. The molecule has 0 saturated carbocycles. The lowest BCUT2D eigenvalue weighted by Crippen LogP contribution is -2.78. The van der Waals surface area contributed by atoms with Crippen LogP contribution >= 0.6 is 7.82 Å². The highest BCUT2D eigenvalue weighted by molar-refractivity contribution is 7.46. The minimum atomic E-state index is -4.74. The van der Waals surface area contributed by atoms with Crippen LogP contribution in [0.25, 0.3) is 0 Å². The molecule has 0 radical (unpaired) electrons. The lowest BCUT2D eigenvalue weighted by Gasteiger charge is -2.50. The molecular formula is C31H54N7O23P. The maximum atomic E-state index is 13.1. The van der Waals surface area contributed by atoms with Crippen LogP contribution in [0.3, 0.4) is 0 Å². The number of phosphoric ester groups is 1. The summed E-state index contributed by atoms with van der Waals surface area (Å²) < 4.78 is 41.6. The summed E-state index contributed by atoms with van der Waals surface area (Å²) in [5.74, 6) is -3.00. The lowest BCUT2D eigenvalue weighted by molar-refractivity contribution is -0.304. The lowest BCUT2D eigenvalue weighted by atomic mass is 9.72. The number of ether oxygens (including phenoxy) is 5. The maximum Gasteiger partial charge on any atom is 0.469 e. The van der Waals surface area contributed by atoms with Gasteiger partial charge in [-0.3, -0.25) is 28.3 Å². The third-order valence-electron chi connectivity index (χ3n) is 8.99. The number of phosphoric acid groups is 1. The molecule has 30 nitrogen and oxygen atoms in total. The summed E-state index contributed by atoms with van der Waals surface area (Å²) in [5, 5.41) is 81.5. The zero-order valence-corrected chi connectivity index (χ0v) is 33.7. The second-order valence-corrected chi connectivity index (χ2v) is 14.7. The number of nitrogens with one attached hydrogen (secondary N) is 1. The highest BCUT2D eigenvalue weighted by atomic mass is 31.2. The molecule has 0 aliphatic carbocycles. The second-order valence-electron chi connectivity index (χ2n) is 13.5. The van der Waals surface area contributed by atoms with E-state index >= 15 is 0 Å². The van der Waals surface area contributed by atoms with Crippen molar-refractivity contribution in [2.24, 2.45) is 17.4 Å². The Hall–Kier alpha value is -3.57. The molecule has 1 aromatic rings. The fourth-order valence-corrected chi connectivity index (χ4v) is 5.98. The molecule has 2 saturated heterocycles. The van der Waals surface area contributed by atoms with E-state index in [1.54, 1.807) is 0 Å². The number of ketones is 2. The first-order valence-electron chi connectivity index (χ1n) is 18.2. The Morgan fingerprint density at radius 3 is 2.18 bits per heavy atom. The molecule has 2 aliphatic rings. The molecule has 2 aliphatic heterocycles. The Kier molecular flexibility index (Phi) is 22.1. The molecule has 1 amide bonds. The van der Waals surface area contributed by atoms with E-state index < -0.39 is 117 Å². The van der Waals surface area contributed by atoms with Gasteiger partial charge in [0, 0.05) is 25.6 Å². The average Bonchev–Trinajstić information content (AvgIpc) is 3.49. The van der Waals surface area contributed by atoms with E-state index in [4.69, 9.17) is 61.7 Å². The number of carboxylic acids is 1. The number of aliphatic hydroxyl groups is 7. The number of nitrogens with two attached hydrogens (primary N) is 4. The number of carbonyl (C=O) groups excluding carboxylic acids is 3. The van der Waals surface area contributed by atoms with Gasteiger partial charge in [0.05, 0.1) is 59.0 Å². The van der Waals surface area contributed by atoms with Crippen LogP contribution in [-0.2, 0) is 56.8 Å². The number of carboxylic acid groups (broad SMARTS) is 1. The number of amides is 1. The first kappa shape index (κ1) is 54.6. The Bertz CT molecular complexity index is 1730. The molecule has 31 heteroatoms. The number of nitrogen functional groups attached to an aromatic ring is 1. The first-order chi connectivity index (χ1) is 28.9. The van der Waals surface area contributed by atoms with Crippen LogP contribution in [0.4, 0.5) is 5.82 Å². The van der Waals surface area contributed by atoms with E-state index in [-0.39, 0.29) is 70.9 Å². The number of hydrogen-bond acceptors (Lipinski definition) is 25. The molecule has 2 fully saturated rings. The zero-order valence-electron chi connectivity index (χ0n) is 32.8. The van der Waals surface area contributed by atoms with E-state index in [9.17, 15) is 64.3 Å². The number of nitrogens with zero attached hydrogens (tertiary/aromatic N) is 2. The monoisotopic (exact) mass is 923 g/mol. The number of anilines is 1. The van der Waals surface area contributed by atoms with Crippen molar-refractivity contribution < 1.29 is 107 Å². The third kappa shape index (κ3) is 15.6. The number of aliphatic hydroxyl groups excluding tert-OH is 6. The van der Waals surface area contributed by atoms with Crippen molar-refractivity contribution >= 4 is 37.1 Å². The fourth-order valence-electron chi connectivity index (χ4n) is 5.64. The van der Waals surface area contributed by atoms with Crippen LogP contribution in [0, 0.1) is 0 Å². The van der Waals surface area contributed by atoms with Crippen LogP contribution in [0.5, 0.6) is 0 Å². The molecule has 1 aromatic heterocycles. The smallest absolute Gasteiger partial charge is 0.469 e. The molecule has 62 heavy (non-hydrogen) atoms. The Balaban J connectivity index is 0.000000523. The van der Waals surface area contributed by atoms with Crippen LogP contribution < -0.4 is 34.1 Å². The standard InChI is InChI=1S/C22H40N4O15.C9H14N3O8P/c23-16(12(28)1-3-37-5-7-39-8-6-38-4-2-26-15(31)11-40-25)18(33)22(24)14(30)9-21(36,20(34)35)41-19(22)17(32)13(29)10-27;10-5-1-2-12(9(15)11-5)8-7(14)6(13)4(20-8)3-19-21(16,17)18/h13-14,16-17,19,27,29-30,32,36H,1-11,23-25H2,(H,26,31)(H,34,35);1-2,4,6-8,13-14H,3H2,(H2,10,11,15)(H2,16,17,18)/t13?,14-,16?,17?,19-,21?,22-;4-,6-,7-,8-/m01/s1. The van der Waals surface area contributed by atoms with Crippen molar-refractivity contribution in [3.05, 3.63) is 22.7 Å². The van der Waals surface area contributed by atoms with Gasteiger partial charge in [0.2, 0.25) is 5.91 Å². The van der Waals surface area contributed by atoms with Crippen molar-refractivity contribution in [3.8, 4) is 0 Å². The van der Waals surface area contributed by atoms with Crippen molar-refractivity contribution in [2.75, 3.05) is 71.7 Å². The Morgan fingerprint density at radius 1 is 1.03 bits per heavy atom. The molecule has 3 rings (SSSR count). The second kappa shape index (κ2) is 25.1. The molecule has 356 valence electrons. The minimum Gasteiger partial charge on any atom is -0.477 e. The summed E-state index contributed by atoms with van der Waals surface area (Å²) in [4.78, 5) is 84.7. The van der Waals surface area contributed by atoms with Gasteiger partial charge in [-0.05, 0) is 6.07 Å². The number of hydrogen-bond donors (Lipinski definition) is 15. The predicted octanol–water partition coefficient (Wildman–Crippen LogP) is -9.21. The SMILES string of the molecule is NOCC(=O)NCCOCCOCCOCCC(=O)C(N)C(=O)[C@@]1(N)[C@@H](O)CC(O)(C(=O)O)O[C@H]1C(O)C(O)CO.Nc1ccn([C@@H]2O[C@H](COP(=O)(O)O)[C@@H](O)[C@H]2O)c(=O)n1. The number of aliphatic carboxylic acids is 1. The van der Waals surface area contributed by atoms with Crippen LogP contribution in [0.1, 0.15) is 19.1 Å². The quantitative estimate of drug-likeness (QED) is 0.0187. The van der Waals surface area contributed by atoms with Crippen LogP contribution in [0.2, 0.25) is 0 Å². The fraction of sp³-hybridized carbons (Fsp3) is 0.742. The Morgan fingerprint density at radius 2 is 1.63 bits per heavy atom. The topological polar surface area (TPSA) is 503 Å². The van der Waals surface area contributed by atoms with Gasteiger partial charge in [0.15, 0.2) is 17.8 Å². The van der Waals surface area contributed by atoms with Crippen molar-refractivity contribution in [1.82, 2.24) is 14.9 Å². The highest BCUT2D eigenvalue weighted by Gasteiger charge is 2.63. The number of carbonyl (C=O) groups is 4. The number of Topliss-reactive ketones (excluding diaryl/α,β-unsaturated/α-hetero) is 2. The van der Waals surface area contributed by atoms with E-state index in [0.717, 1.165) is 4.57 Å². The largest absolute Gasteiger partial charge is 0.477 e. The number of rotatable bonds is 25. The Labute approximate surface area is 350 Å². The van der Waals surface area contributed by atoms with Gasteiger partial charge in [0.25, 0.3) is 5.79 Å². The van der Waals surface area contributed by atoms with Gasteiger partial charge in [-0.2, -0.15) is 4.98 Å². The van der Waals surface area contributed by atoms with Crippen molar-refractivity contribution in [3.63, 3.8) is 0 Å². The molecule has 0 spiro atoms. The summed E-state index contributed by atoms with van der Waals surface area (Å²) in [6, 6.07) is -0.691. The highest BCUT2D eigenvalue weighted by Crippen LogP contribution is 2.39. The summed E-state index contributed by atoms with van der Waals surface area (Å²) in [7, 11) is -4.74. The van der Waals surface area contributed by atoms with E-state index in [1.165, 1.54) is 12.3 Å². The molecule has 19 N–H and O–H groups in total. The normalized spacial score (nSPS) is 27.7. The molecule has 0 aromatic carbocycles. The third-order valence-corrected chi connectivity index (χ3v) is 9.47. The van der Waals surface area contributed by atoms with Crippen molar-refractivity contribution in [1.29, 1.82) is 0 Å². The summed E-state index contributed by atoms with van der Waals surface area (Å²) >= 11 is 0. The molecule has 4 unspecified atom stereocenters. The van der Waals surface area contributed by atoms with Gasteiger partial charge >= 0.3 is 19.5 Å². The van der Waals surface area contributed by atoms with Gasteiger partial charge in [-0.15, -0.1) is 0 Å². The van der Waals surface area contributed by atoms with E-state index in [2.05, 4.69) is 19.7 Å². The predicted molar refractivity (Wildman–Crippen MR) is 199 cm³/mol. The van der Waals surface area contributed by atoms with Crippen LogP contribution in [0.15, 0.2) is 17.1 Å². The molecule has 11 atom stereocenters. The zero-order chi connectivity index (χ0) is 47.0. The van der Waals surface area contributed by atoms with Gasteiger partial charge in [-0.25, -0.2) is 20.1 Å². The molecule has 3 heterocycles. The van der Waals surface area contributed by atoms with E-state index in [0.29, 0.717) is 0 Å². The first-order valence-corrected chi connectivity index (χ1v) is 19.8. The van der Waals surface area contributed by atoms with E-state index in [1.807, 2.05) is 0 Å². The average molecular weight is 924 g/mol. The molecule has 0 bridgehead atoms. The minimum absolute atomic E-state index is 0.0225. The van der Waals surface area contributed by atoms with Crippen molar-refractivity contribution in [2.45, 2.75) is 79.2 Å².